The molecule has 0 spiro atoms. The highest BCUT2D eigenvalue weighted by atomic mass is 16.5. The molecular formula is C13H24N2O3. The molecule has 5 nitrogen and oxygen atoms in total. The van der Waals surface area contributed by atoms with Crippen molar-refractivity contribution in [1.29, 1.82) is 0 Å². The molecule has 1 unspecified atom stereocenters. The zero-order chi connectivity index (χ0) is 13.0. The largest absolute Gasteiger partial charge is 0.381 e. The number of ether oxygens (including phenoxy) is 2. The van der Waals surface area contributed by atoms with E-state index in [1.54, 1.807) is 4.90 Å². The topological polar surface area (TPSA) is 64.8 Å². The van der Waals surface area contributed by atoms with Gasteiger partial charge >= 0.3 is 0 Å². The summed E-state index contributed by atoms with van der Waals surface area (Å²) in [6.07, 6.45) is 3.47. The fourth-order valence-corrected chi connectivity index (χ4v) is 2.75. The van der Waals surface area contributed by atoms with Gasteiger partial charge in [-0.1, -0.05) is 0 Å². The molecule has 0 aromatic heterocycles. The Morgan fingerprint density at radius 3 is 2.67 bits per heavy atom. The van der Waals surface area contributed by atoms with Crippen molar-refractivity contribution in [2.75, 3.05) is 40.0 Å². The molecule has 104 valence electrons. The number of rotatable bonds is 3. The predicted molar refractivity (Wildman–Crippen MR) is 68.2 cm³/mol. The number of nitrogens with zero attached hydrogens (tertiary/aromatic N) is 1. The van der Waals surface area contributed by atoms with E-state index in [-0.39, 0.29) is 5.91 Å². The van der Waals surface area contributed by atoms with Crippen LogP contribution in [0.1, 0.15) is 25.7 Å². The average Bonchev–Trinajstić information content (AvgIpc) is 2.40. The molecule has 0 radical (unpaired) electrons. The fraction of sp³-hybridized carbons (Fsp3) is 0.923. The minimum Gasteiger partial charge on any atom is -0.381 e. The van der Waals surface area contributed by atoms with Crippen molar-refractivity contribution in [2.24, 2.45) is 11.7 Å². The van der Waals surface area contributed by atoms with Gasteiger partial charge in [0, 0.05) is 33.4 Å². The lowest BCUT2D eigenvalue weighted by molar-refractivity contribution is -0.140. The van der Waals surface area contributed by atoms with Gasteiger partial charge in [0.15, 0.2) is 0 Å². The lowest BCUT2D eigenvalue weighted by Crippen LogP contribution is -2.58. The third-order valence-corrected chi connectivity index (χ3v) is 3.94. The molecule has 2 heterocycles. The van der Waals surface area contributed by atoms with Crippen LogP contribution in [0.5, 0.6) is 0 Å². The van der Waals surface area contributed by atoms with Crippen LogP contribution in [0.3, 0.4) is 0 Å². The summed E-state index contributed by atoms with van der Waals surface area (Å²) in [4.78, 5) is 14.2. The minimum absolute atomic E-state index is 0.0522. The van der Waals surface area contributed by atoms with E-state index in [0.29, 0.717) is 32.0 Å². The average molecular weight is 256 g/mol. The fourth-order valence-electron chi connectivity index (χ4n) is 2.75. The minimum atomic E-state index is -0.720. The Kier molecular flexibility index (Phi) is 4.59. The Hall–Kier alpha value is -0.650. The van der Waals surface area contributed by atoms with Gasteiger partial charge in [0.25, 0.3) is 0 Å². The van der Waals surface area contributed by atoms with Crippen LogP contribution in [0.2, 0.25) is 0 Å². The van der Waals surface area contributed by atoms with E-state index >= 15 is 0 Å². The second-order valence-corrected chi connectivity index (χ2v) is 5.54. The number of hydrogen-bond donors (Lipinski definition) is 1. The smallest absolute Gasteiger partial charge is 0.242 e. The number of amides is 1. The van der Waals surface area contributed by atoms with Crippen molar-refractivity contribution in [3.05, 3.63) is 0 Å². The van der Waals surface area contributed by atoms with E-state index in [1.807, 2.05) is 7.05 Å². The molecule has 2 aliphatic heterocycles. The Balaban J connectivity index is 1.86. The molecule has 0 bridgehead atoms. The predicted octanol–water partition coefficient (Wildman–Crippen LogP) is 0.379. The van der Waals surface area contributed by atoms with Crippen LogP contribution < -0.4 is 5.73 Å². The van der Waals surface area contributed by atoms with E-state index in [2.05, 4.69) is 0 Å². The molecule has 1 atom stereocenters. The van der Waals surface area contributed by atoms with Crippen LogP contribution in [0, 0.1) is 5.92 Å². The molecule has 1 amide bonds. The van der Waals surface area contributed by atoms with Crippen molar-refractivity contribution in [2.45, 2.75) is 31.2 Å². The van der Waals surface area contributed by atoms with E-state index in [1.165, 1.54) is 0 Å². The van der Waals surface area contributed by atoms with Crippen molar-refractivity contribution in [3.63, 3.8) is 0 Å². The first-order valence-electron chi connectivity index (χ1n) is 6.82. The maximum atomic E-state index is 12.4. The maximum Gasteiger partial charge on any atom is 0.242 e. The third-order valence-electron chi connectivity index (χ3n) is 3.94. The van der Waals surface area contributed by atoms with Gasteiger partial charge in [-0.3, -0.25) is 4.79 Å². The van der Waals surface area contributed by atoms with E-state index in [9.17, 15) is 4.79 Å². The Morgan fingerprint density at radius 1 is 1.33 bits per heavy atom. The quantitative estimate of drug-likeness (QED) is 0.793. The van der Waals surface area contributed by atoms with Crippen molar-refractivity contribution >= 4 is 5.91 Å². The van der Waals surface area contributed by atoms with Crippen molar-refractivity contribution < 1.29 is 14.3 Å². The Labute approximate surface area is 109 Å². The van der Waals surface area contributed by atoms with Gasteiger partial charge in [-0.25, -0.2) is 0 Å². The van der Waals surface area contributed by atoms with Crippen LogP contribution >= 0.6 is 0 Å². The van der Waals surface area contributed by atoms with Crippen LogP contribution in [0.25, 0.3) is 0 Å². The molecule has 2 saturated heterocycles. The molecule has 2 aliphatic rings. The molecule has 0 aromatic rings. The van der Waals surface area contributed by atoms with Crippen LogP contribution in [0.15, 0.2) is 0 Å². The second-order valence-electron chi connectivity index (χ2n) is 5.54. The highest BCUT2D eigenvalue weighted by molar-refractivity contribution is 5.86. The standard InChI is InChI=1S/C13H24N2O3/c1-15(9-11-3-2-6-18-10-11)12(16)13(14)4-7-17-8-5-13/h11H,2-10,14H2,1H3. The normalized spacial score (nSPS) is 27.8. The third kappa shape index (κ3) is 3.22. The summed E-state index contributed by atoms with van der Waals surface area (Å²) in [6, 6.07) is 0. The second kappa shape index (κ2) is 5.99. The SMILES string of the molecule is CN(CC1CCCOC1)C(=O)C1(N)CCOCC1. The van der Waals surface area contributed by atoms with Gasteiger partial charge < -0.3 is 20.1 Å². The van der Waals surface area contributed by atoms with Crippen molar-refractivity contribution in [1.82, 2.24) is 4.90 Å². The first kappa shape index (κ1) is 13.8. The number of carbonyl (C=O) groups excluding carboxylic acids is 1. The summed E-state index contributed by atoms with van der Waals surface area (Å²) in [7, 11) is 1.85. The molecule has 0 saturated carbocycles. The number of carbonyl (C=O) groups is 1. The molecule has 2 fully saturated rings. The summed E-state index contributed by atoms with van der Waals surface area (Å²) in [5.74, 6) is 0.507. The van der Waals surface area contributed by atoms with Gasteiger partial charge in [-0.15, -0.1) is 0 Å². The van der Waals surface area contributed by atoms with Gasteiger partial charge in [0.05, 0.1) is 12.1 Å². The lowest BCUT2D eigenvalue weighted by atomic mass is 9.89. The summed E-state index contributed by atoms with van der Waals surface area (Å²) >= 11 is 0. The van der Waals surface area contributed by atoms with Crippen molar-refractivity contribution in [3.8, 4) is 0 Å². The Morgan fingerprint density at radius 2 is 2.06 bits per heavy atom. The van der Waals surface area contributed by atoms with Gasteiger partial charge in [0.1, 0.15) is 0 Å². The van der Waals surface area contributed by atoms with Gasteiger partial charge in [-0.2, -0.15) is 0 Å². The monoisotopic (exact) mass is 256 g/mol. The van der Waals surface area contributed by atoms with Crippen LogP contribution in [0.4, 0.5) is 0 Å². The number of likely N-dealkylation sites (N-methyl/N-ethyl adjacent to an activating group) is 1. The molecule has 0 aliphatic carbocycles. The highest BCUT2D eigenvalue weighted by Crippen LogP contribution is 2.22. The molecule has 18 heavy (non-hydrogen) atoms. The summed E-state index contributed by atoms with van der Waals surface area (Å²) < 4.78 is 10.7. The first-order valence-corrected chi connectivity index (χ1v) is 6.82. The van der Waals surface area contributed by atoms with E-state index in [0.717, 1.165) is 32.6 Å². The molecule has 2 N–H and O–H groups in total. The first-order chi connectivity index (χ1) is 8.62. The lowest BCUT2D eigenvalue weighted by Gasteiger charge is -2.36. The molecule has 5 heteroatoms. The summed E-state index contributed by atoms with van der Waals surface area (Å²) in [5, 5.41) is 0. The number of nitrogens with two attached hydrogens (primary N) is 1. The van der Waals surface area contributed by atoms with Crippen LogP contribution in [-0.4, -0.2) is 56.4 Å². The zero-order valence-corrected chi connectivity index (χ0v) is 11.2. The van der Waals surface area contributed by atoms with Gasteiger partial charge in [-0.05, 0) is 31.6 Å². The van der Waals surface area contributed by atoms with Gasteiger partial charge in [0.2, 0.25) is 5.91 Å². The molecule has 2 rings (SSSR count). The van der Waals surface area contributed by atoms with E-state index in [4.69, 9.17) is 15.2 Å². The molecule has 0 aromatic carbocycles. The summed E-state index contributed by atoms with van der Waals surface area (Å²) in [5.41, 5.74) is 5.49. The number of hydrogen-bond acceptors (Lipinski definition) is 4. The molecular weight excluding hydrogens is 232 g/mol. The van der Waals surface area contributed by atoms with E-state index < -0.39 is 5.54 Å². The van der Waals surface area contributed by atoms with Crippen LogP contribution in [-0.2, 0) is 14.3 Å². The zero-order valence-electron chi connectivity index (χ0n) is 11.2. The Bertz CT molecular complexity index is 284. The summed E-state index contributed by atoms with van der Waals surface area (Å²) in [6.45, 7) is 3.54. The highest BCUT2D eigenvalue weighted by Gasteiger charge is 2.38. The maximum absolute atomic E-state index is 12.4.